The van der Waals surface area contributed by atoms with Gasteiger partial charge in [-0.3, -0.25) is 10.1 Å². The molecule has 5 nitrogen and oxygen atoms in total. The molecule has 5 heteroatoms. The number of nitrogens with one attached hydrogen (secondary N) is 1. The van der Waals surface area contributed by atoms with E-state index in [0.717, 1.165) is 5.56 Å². The van der Waals surface area contributed by atoms with E-state index in [4.69, 9.17) is 4.74 Å². The van der Waals surface area contributed by atoms with Crippen molar-refractivity contribution < 1.29 is 9.66 Å². The van der Waals surface area contributed by atoms with E-state index in [1.165, 1.54) is 6.07 Å². The zero-order chi connectivity index (χ0) is 12.0. The summed E-state index contributed by atoms with van der Waals surface area (Å²) in [4.78, 5) is 10.2. The maximum Gasteiger partial charge on any atom is 0.269 e. The van der Waals surface area contributed by atoms with Crippen LogP contribution in [0.25, 0.3) is 0 Å². The molecule has 88 valence electrons. The first kappa shape index (κ1) is 12.6. The first-order valence-electron chi connectivity index (χ1n) is 5.09. The lowest BCUT2D eigenvalue weighted by Gasteiger charge is -2.12. The summed E-state index contributed by atoms with van der Waals surface area (Å²) in [5, 5.41) is 13.8. The Morgan fingerprint density at radius 2 is 2.31 bits per heavy atom. The van der Waals surface area contributed by atoms with Crippen LogP contribution in [0.1, 0.15) is 12.5 Å². The zero-order valence-corrected chi connectivity index (χ0v) is 9.47. The Morgan fingerprint density at radius 3 is 2.94 bits per heavy atom. The van der Waals surface area contributed by atoms with Gasteiger partial charge in [-0.1, -0.05) is 12.1 Å². The molecule has 1 aromatic rings. The van der Waals surface area contributed by atoms with Gasteiger partial charge in [-0.05, 0) is 12.5 Å². The lowest BCUT2D eigenvalue weighted by Crippen LogP contribution is -2.29. The molecule has 0 aliphatic heterocycles. The van der Waals surface area contributed by atoms with Crippen molar-refractivity contribution >= 4 is 5.69 Å². The Kier molecular flexibility index (Phi) is 4.88. The fraction of sp³-hybridized carbons (Fsp3) is 0.455. The molecule has 0 fully saturated rings. The number of nitro benzene ring substituents is 1. The molecule has 1 N–H and O–H groups in total. The van der Waals surface area contributed by atoms with Crippen LogP contribution in [0.15, 0.2) is 24.3 Å². The molecule has 0 saturated carbocycles. The average molecular weight is 224 g/mol. The molecule has 0 amide bonds. The molecule has 0 spiro atoms. The molecule has 0 radical (unpaired) electrons. The van der Waals surface area contributed by atoms with Crippen LogP contribution in [0.2, 0.25) is 0 Å². The minimum absolute atomic E-state index is 0.124. The quantitative estimate of drug-likeness (QED) is 0.590. The van der Waals surface area contributed by atoms with Gasteiger partial charge in [0.25, 0.3) is 5.69 Å². The van der Waals surface area contributed by atoms with Gasteiger partial charge in [0, 0.05) is 31.8 Å². The maximum absolute atomic E-state index is 10.6. The van der Waals surface area contributed by atoms with Gasteiger partial charge in [-0.25, -0.2) is 0 Å². The van der Waals surface area contributed by atoms with Gasteiger partial charge in [-0.2, -0.15) is 0 Å². The van der Waals surface area contributed by atoms with Crippen LogP contribution >= 0.6 is 0 Å². The monoisotopic (exact) mass is 224 g/mol. The van der Waals surface area contributed by atoms with E-state index in [-0.39, 0.29) is 16.7 Å². The van der Waals surface area contributed by atoms with E-state index in [0.29, 0.717) is 13.2 Å². The second kappa shape index (κ2) is 6.19. The summed E-state index contributed by atoms with van der Waals surface area (Å²) in [5.74, 6) is 0. The predicted molar refractivity (Wildman–Crippen MR) is 61.3 cm³/mol. The Balaban J connectivity index is 2.54. The van der Waals surface area contributed by atoms with E-state index >= 15 is 0 Å². The summed E-state index contributed by atoms with van der Waals surface area (Å²) in [7, 11) is 1.64. The molecule has 0 aliphatic rings. The van der Waals surface area contributed by atoms with Crippen LogP contribution in [-0.4, -0.2) is 24.7 Å². The molecule has 1 atom stereocenters. The van der Waals surface area contributed by atoms with Crippen LogP contribution in [0.3, 0.4) is 0 Å². The molecule has 16 heavy (non-hydrogen) atoms. The standard InChI is InChI=1S/C11H16N2O3/c1-9(8-16-2)12-7-10-4-3-5-11(6-10)13(14)15/h3-6,9,12H,7-8H2,1-2H3/t9-/m1/s1. The molecule has 0 aromatic heterocycles. The van der Waals surface area contributed by atoms with Crippen molar-refractivity contribution in [2.24, 2.45) is 0 Å². The Labute approximate surface area is 94.6 Å². The largest absolute Gasteiger partial charge is 0.383 e. The maximum atomic E-state index is 10.6. The first-order chi connectivity index (χ1) is 7.63. The van der Waals surface area contributed by atoms with Crippen molar-refractivity contribution in [2.45, 2.75) is 19.5 Å². The summed E-state index contributed by atoms with van der Waals surface area (Å²) < 4.78 is 4.98. The molecule has 1 aromatic carbocycles. The van der Waals surface area contributed by atoms with Crippen LogP contribution in [0.4, 0.5) is 5.69 Å². The highest BCUT2D eigenvalue weighted by atomic mass is 16.6. The van der Waals surface area contributed by atoms with Crippen molar-refractivity contribution in [1.82, 2.24) is 5.32 Å². The van der Waals surface area contributed by atoms with Crippen molar-refractivity contribution in [3.05, 3.63) is 39.9 Å². The summed E-state index contributed by atoms with van der Waals surface area (Å²) >= 11 is 0. The third-order valence-corrected chi connectivity index (χ3v) is 2.19. The molecule has 0 unspecified atom stereocenters. The summed E-state index contributed by atoms with van der Waals surface area (Å²) in [6, 6.07) is 6.84. The van der Waals surface area contributed by atoms with Crippen molar-refractivity contribution in [2.75, 3.05) is 13.7 Å². The van der Waals surface area contributed by atoms with E-state index < -0.39 is 0 Å². The molecule has 0 aliphatic carbocycles. The lowest BCUT2D eigenvalue weighted by molar-refractivity contribution is -0.384. The van der Waals surface area contributed by atoms with E-state index in [1.54, 1.807) is 19.2 Å². The summed E-state index contributed by atoms with van der Waals surface area (Å²) in [6.07, 6.45) is 0. The normalized spacial score (nSPS) is 12.4. The van der Waals surface area contributed by atoms with Crippen LogP contribution < -0.4 is 5.32 Å². The smallest absolute Gasteiger partial charge is 0.269 e. The SMILES string of the molecule is COC[C@@H](C)NCc1cccc([N+](=O)[O-])c1. The van der Waals surface area contributed by atoms with Gasteiger partial charge in [0.2, 0.25) is 0 Å². The topological polar surface area (TPSA) is 64.4 Å². The third-order valence-electron chi connectivity index (χ3n) is 2.19. The Bertz CT molecular complexity index is 355. The number of nitro groups is 1. The predicted octanol–water partition coefficient (Wildman–Crippen LogP) is 1.72. The van der Waals surface area contributed by atoms with Gasteiger partial charge < -0.3 is 10.1 Å². The Hall–Kier alpha value is -1.46. The van der Waals surface area contributed by atoms with E-state index in [2.05, 4.69) is 5.32 Å². The minimum atomic E-state index is -0.387. The molecular formula is C11H16N2O3. The second-order valence-electron chi connectivity index (χ2n) is 3.66. The fourth-order valence-electron chi connectivity index (χ4n) is 1.38. The minimum Gasteiger partial charge on any atom is -0.383 e. The first-order valence-corrected chi connectivity index (χ1v) is 5.09. The van der Waals surface area contributed by atoms with Gasteiger partial charge >= 0.3 is 0 Å². The second-order valence-corrected chi connectivity index (χ2v) is 3.66. The number of hydrogen-bond donors (Lipinski definition) is 1. The number of ether oxygens (including phenoxy) is 1. The average Bonchev–Trinajstić information content (AvgIpc) is 2.27. The zero-order valence-electron chi connectivity index (χ0n) is 9.47. The van der Waals surface area contributed by atoms with Crippen LogP contribution in [-0.2, 0) is 11.3 Å². The van der Waals surface area contributed by atoms with E-state index in [9.17, 15) is 10.1 Å². The van der Waals surface area contributed by atoms with E-state index in [1.807, 2.05) is 13.0 Å². The van der Waals surface area contributed by atoms with Crippen LogP contribution in [0.5, 0.6) is 0 Å². The fourth-order valence-corrected chi connectivity index (χ4v) is 1.38. The third kappa shape index (κ3) is 3.96. The summed E-state index contributed by atoms with van der Waals surface area (Å²) in [6.45, 7) is 3.22. The number of non-ortho nitro benzene ring substituents is 1. The highest BCUT2D eigenvalue weighted by Crippen LogP contribution is 2.12. The number of hydrogen-bond acceptors (Lipinski definition) is 4. The highest BCUT2D eigenvalue weighted by molar-refractivity contribution is 5.34. The van der Waals surface area contributed by atoms with Crippen LogP contribution in [0, 0.1) is 10.1 Å². The van der Waals surface area contributed by atoms with Gasteiger partial charge in [-0.15, -0.1) is 0 Å². The van der Waals surface area contributed by atoms with Crippen molar-refractivity contribution in [3.63, 3.8) is 0 Å². The van der Waals surface area contributed by atoms with Gasteiger partial charge in [0.05, 0.1) is 11.5 Å². The van der Waals surface area contributed by atoms with Gasteiger partial charge in [0.1, 0.15) is 0 Å². The molecule has 0 saturated heterocycles. The van der Waals surface area contributed by atoms with Gasteiger partial charge in [0.15, 0.2) is 0 Å². The van der Waals surface area contributed by atoms with Crippen molar-refractivity contribution in [3.8, 4) is 0 Å². The molecular weight excluding hydrogens is 208 g/mol. The summed E-state index contributed by atoms with van der Waals surface area (Å²) in [5.41, 5.74) is 1.02. The molecule has 1 rings (SSSR count). The number of rotatable bonds is 6. The molecule has 0 bridgehead atoms. The lowest BCUT2D eigenvalue weighted by atomic mass is 10.2. The number of nitrogens with zero attached hydrogens (tertiary/aromatic N) is 1. The highest BCUT2D eigenvalue weighted by Gasteiger charge is 2.06. The van der Waals surface area contributed by atoms with Crippen molar-refractivity contribution in [1.29, 1.82) is 0 Å². The molecule has 0 heterocycles. The number of methoxy groups -OCH3 is 1. The Morgan fingerprint density at radius 1 is 1.56 bits per heavy atom. The number of benzene rings is 1.